The van der Waals surface area contributed by atoms with Crippen molar-refractivity contribution < 1.29 is 18.7 Å². The summed E-state index contributed by atoms with van der Waals surface area (Å²) in [5.74, 6) is -2.65. The quantitative estimate of drug-likeness (QED) is 0.900. The van der Waals surface area contributed by atoms with Crippen LogP contribution in [0.3, 0.4) is 0 Å². The highest BCUT2D eigenvalue weighted by molar-refractivity contribution is 5.82. The van der Waals surface area contributed by atoms with Crippen LogP contribution in [0, 0.1) is 11.6 Å². The molecule has 1 aromatic carbocycles. The minimum Gasteiger partial charge on any atom is -0.481 e. The molecule has 2 rings (SSSR count). The van der Waals surface area contributed by atoms with Gasteiger partial charge in [-0.05, 0) is 30.4 Å². The Kier molecular flexibility index (Phi) is 3.61. The highest BCUT2D eigenvalue weighted by atomic mass is 19.1. The van der Waals surface area contributed by atoms with Gasteiger partial charge in [0.2, 0.25) is 0 Å². The highest BCUT2D eigenvalue weighted by Crippen LogP contribution is 2.44. The Morgan fingerprint density at radius 1 is 1.26 bits per heavy atom. The van der Waals surface area contributed by atoms with E-state index in [1.807, 2.05) is 13.8 Å². The number of carboxylic acids is 1. The fourth-order valence-corrected chi connectivity index (χ4v) is 3.00. The van der Waals surface area contributed by atoms with Crippen LogP contribution in [0.1, 0.15) is 56.6 Å². The average Bonchev–Trinajstić information content (AvgIpc) is 2.79. The standard InChI is InChI=1S/C15H18F2O2/c1-9(2)10-5-6-11(16)12(13(10)17)15(14(18)19)7-3-4-8-15/h5-6,9H,3-4,7-8H2,1-2H3,(H,18,19). The van der Waals surface area contributed by atoms with Gasteiger partial charge in [-0.15, -0.1) is 0 Å². The number of hydrogen-bond donors (Lipinski definition) is 1. The zero-order chi connectivity index (χ0) is 14.2. The Balaban J connectivity index is 2.66. The van der Waals surface area contributed by atoms with Crippen molar-refractivity contribution in [2.24, 2.45) is 0 Å². The van der Waals surface area contributed by atoms with Crippen molar-refractivity contribution in [3.63, 3.8) is 0 Å². The van der Waals surface area contributed by atoms with Crippen molar-refractivity contribution >= 4 is 5.97 Å². The third kappa shape index (κ3) is 2.13. The third-order valence-electron chi connectivity index (χ3n) is 4.09. The second-order valence-electron chi connectivity index (χ2n) is 5.57. The van der Waals surface area contributed by atoms with E-state index in [9.17, 15) is 18.7 Å². The van der Waals surface area contributed by atoms with Crippen molar-refractivity contribution in [1.29, 1.82) is 0 Å². The van der Waals surface area contributed by atoms with E-state index in [4.69, 9.17) is 0 Å². The SMILES string of the molecule is CC(C)c1ccc(F)c(C2(C(=O)O)CCCC2)c1F. The molecule has 4 heteroatoms. The molecule has 1 saturated carbocycles. The molecule has 0 bridgehead atoms. The Morgan fingerprint density at radius 3 is 2.32 bits per heavy atom. The zero-order valence-electron chi connectivity index (χ0n) is 11.2. The smallest absolute Gasteiger partial charge is 0.314 e. The van der Waals surface area contributed by atoms with Gasteiger partial charge in [0.05, 0.1) is 5.41 Å². The number of aliphatic carboxylic acids is 1. The predicted molar refractivity (Wildman–Crippen MR) is 68.2 cm³/mol. The summed E-state index contributed by atoms with van der Waals surface area (Å²) in [5.41, 5.74) is -1.26. The zero-order valence-corrected chi connectivity index (χ0v) is 11.2. The molecule has 0 amide bonds. The lowest BCUT2D eigenvalue weighted by atomic mass is 9.77. The molecule has 0 spiro atoms. The van der Waals surface area contributed by atoms with Gasteiger partial charge in [0.15, 0.2) is 0 Å². The molecule has 1 aromatic rings. The molecule has 0 unspecified atom stereocenters. The molecule has 104 valence electrons. The van der Waals surface area contributed by atoms with E-state index in [-0.39, 0.29) is 11.5 Å². The molecular formula is C15H18F2O2. The Labute approximate surface area is 111 Å². The van der Waals surface area contributed by atoms with Crippen molar-refractivity contribution in [3.8, 4) is 0 Å². The second kappa shape index (κ2) is 4.91. The minimum absolute atomic E-state index is 0.105. The van der Waals surface area contributed by atoms with Crippen molar-refractivity contribution in [2.45, 2.75) is 50.9 Å². The number of rotatable bonds is 3. The van der Waals surface area contributed by atoms with E-state index in [2.05, 4.69) is 0 Å². The van der Waals surface area contributed by atoms with Crippen molar-refractivity contribution in [1.82, 2.24) is 0 Å². The molecule has 2 nitrogen and oxygen atoms in total. The number of benzene rings is 1. The largest absolute Gasteiger partial charge is 0.481 e. The van der Waals surface area contributed by atoms with Crippen LogP contribution in [0.15, 0.2) is 12.1 Å². The lowest BCUT2D eigenvalue weighted by molar-refractivity contribution is -0.143. The van der Waals surface area contributed by atoms with Gasteiger partial charge >= 0.3 is 5.97 Å². The fraction of sp³-hybridized carbons (Fsp3) is 0.533. The monoisotopic (exact) mass is 268 g/mol. The van der Waals surface area contributed by atoms with Gasteiger partial charge < -0.3 is 5.11 Å². The molecule has 0 aromatic heterocycles. The second-order valence-corrected chi connectivity index (χ2v) is 5.57. The molecule has 19 heavy (non-hydrogen) atoms. The Hall–Kier alpha value is -1.45. The summed E-state index contributed by atoms with van der Waals surface area (Å²) in [7, 11) is 0. The van der Waals surface area contributed by atoms with Crippen LogP contribution in [-0.4, -0.2) is 11.1 Å². The minimum atomic E-state index is -1.39. The molecule has 0 saturated heterocycles. The summed E-state index contributed by atoms with van der Waals surface area (Å²) in [6, 6.07) is 2.60. The molecule has 1 fully saturated rings. The number of carbonyl (C=O) groups is 1. The maximum absolute atomic E-state index is 14.5. The van der Waals surface area contributed by atoms with Crippen LogP contribution in [0.25, 0.3) is 0 Å². The molecule has 1 aliphatic carbocycles. The Morgan fingerprint density at radius 2 is 1.84 bits per heavy atom. The molecular weight excluding hydrogens is 250 g/mol. The average molecular weight is 268 g/mol. The maximum atomic E-state index is 14.5. The first-order valence-electron chi connectivity index (χ1n) is 6.62. The fourth-order valence-electron chi connectivity index (χ4n) is 3.00. The van der Waals surface area contributed by atoms with E-state index in [1.54, 1.807) is 0 Å². The van der Waals surface area contributed by atoms with E-state index < -0.39 is 23.0 Å². The van der Waals surface area contributed by atoms with Crippen LogP contribution < -0.4 is 0 Å². The number of halogens is 2. The normalized spacial score (nSPS) is 17.9. The molecule has 1 N–H and O–H groups in total. The van der Waals surface area contributed by atoms with Gasteiger partial charge in [-0.1, -0.05) is 32.8 Å². The van der Waals surface area contributed by atoms with E-state index in [1.165, 1.54) is 12.1 Å². The van der Waals surface area contributed by atoms with Crippen molar-refractivity contribution in [2.75, 3.05) is 0 Å². The van der Waals surface area contributed by atoms with Gasteiger partial charge in [0.25, 0.3) is 0 Å². The first kappa shape index (κ1) is 14.0. The molecule has 1 aliphatic rings. The van der Waals surface area contributed by atoms with Crippen LogP contribution in [0.4, 0.5) is 8.78 Å². The maximum Gasteiger partial charge on any atom is 0.314 e. The van der Waals surface area contributed by atoms with Gasteiger partial charge in [-0.3, -0.25) is 4.79 Å². The lowest BCUT2D eigenvalue weighted by Crippen LogP contribution is -2.35. The van der Waals surface area contributed by atoms with Crippen LogP contribution in [0.2, 0.25) is 0 Å². The van der Waals surface area contributed by atoms with E-state index >= 15 is 0 Å². The molecule has 0 heterocycles. The Bertz CT molecular complexity index is 503. The van der Waals surface area contributed by atoms with E-state index in [0.29, 0.717) is 31.2 Å². The molecule has 0 aliphatic heterocycles. The van der Waals surface area contributed by atoms with Gasteiger partial charge in [0.1, 0.15) is 11.6 Å². The van der Waals surface area contributed by atoms with Gasteiger partial charge in [-0.2, -0.15) is 0 Å². The van der Waals surface area contributed by atoms with Crippen LogP contribution >= 0.6 is 0 Å². The molecule has 0 atom stereocenters. The van der Waals surface area contributed by atoms with Crippen molar-refractivity contribution in [3.05, 3.63) is 34.9 Å². The lowest BCUT2D eigenvalue weighted by Gasteiger charge is -2.26. The number of carboxylic acid groups (broad SMARTS) is 1. The summed E-state index contributed by atoms with van der Waals surface area (Å²) in [6.45, 7) is 3.62. The first-order chi connectivity index (χ1) is 8.90. The topological polar surface area (TPSA) is 37.3 Å². The first-order valence-corrected chi connectivity index (χ1v) is 6.62. The highest BCUT2D eigenvalue weighted by Gasteiger charge is 2.47. The van der Waals surface area contributed by atoms with Gasteiger partial charge in [0, 0.05) is 5.56 Å². The number of hydrogen-bond acceptors (Lipinski definition) is 1. The van der Waals surface area contributed by atoms with E-state index in [0.717, 1.165) is 0 Å². The summed E-state index contributed by atoms with van der Waals surface area (Å²) in [6.07, 6.45) is 1.99. The third-order valence-corrected chi connectivity index (χ3v) is 4.09. The predicted octanol–water partition coefficient (Wildman–Crippen LogP) is 3.98. The molecule has 0 radical (unpaired) electrons. The summed E-state index contributed by atoms with van der Waals surface area (Å²) in [4.78, 5) is 11.6. The summed E-state index contributed by atoms with van der Waals surface area (Å²) in [5, 5.41) is 9.46. The van der Waals surface area contributed by atoms with Crippen LogP contribution in [-0.2, 0) is 10.2 Å². The summed E-state index contributed by atoms with van der Waals surface area (Å²) >= 11 is 0. The van der Waals surface area contributed by atoms with Crippen LogP contribution in [0.5, 0.6) is 0 Å². The summed E-state index contributed by atoms with van der Waals surface area (Å²) < 4.78 is 28.6. The van der Waals surface area contributed by atoms with Gasteiger partial charge in [-0.25, -0.2) is 8.78 Å².